The van der Waals surface area contributed by atoms with Crippen molar-refractivity contribution in [2.24, 2.45) is 4.40 Å². The van der Waals surface area contributed by atoms with E-state index in [9.17, 15) is 22.0 Å². The topological polar surface area (TPSA) is 78.8 Å². The summed E-state index contributed by atoms with van der Waals surface area (Å²) in [7, 11) is -2.08. The number of rotatable bonds is 4. The lowest BCUT2D eigenvalue weighted by atomic mass is 10.2. The van der Waals surface area contributed by atoms with Crippen molar-refractivity contribution >= 4 is 27.5 Å². The Balaban J connectivity index is 1.77. The Morgan fingerprint density at radius 1 is 1.15 bits per heavy atom. The monoisotopic (exact) mass is 393 g/mol. The van der Waals surface area contributed by atoms with Crippen molar-refractivity contribution in [3.8, 4) is 0 Å². The molecule has 1 saturated heterocycles. The SMILES string of the molecule is CN1CCC/C1=N/S(=O)(=O)c1ccc(NC(=O)c2cc(F)ccc2F)cc1. The summed E-state index contributed by atoms with van der Waals surface area (Å²) in [6.45, 7) is 0.760. The zero-order valence-electron chi connectivity index (χ0n) is 14.4. The summed E-state index contributed by atoms with van der Waals surface area (Å²) in [4.78, 5) is 13.8. The second-order valence-electron chi connectivity index (χ2n) is 6.11. The van der Waals surface area contributed by atoms with Crippen molar-refractivity contribution in [2.45, 2.75) is 17.7 Å². The van der Waals surface area contributed by atoms with Gasteiger partial charge in [0.05, 0.1) is 10.5 Å². The summed E-state index contributed by atoms with van der Waals surface area (Å²) in [6.07, 6.45) is 1.45. The van der Waals surface area contributed by atoms with Crippen LogP contribution in [0.5, 0.6) is 0 Å². The maximum atomic E-state index is 13.6. The molecule has 1 fully saturated rings. The van der Waals surface area contributed by atoms with Gasteiger partial charge in [0.25, 0.3) is 15.9 Å². The van der Waals surface area contributed by atoms with E-state index < -0.39 is 33.1 Å². The van der Waals surface area contributed by atoms with E-state index in [0.29, 0.717) is 12.3 Å². The average Bonchev–Trinajstić information content (AvgIpc) is 3.01. The highest BCUT2D eigenvalue weighted by atomic mass is 32.2. The molecule has 0 spiro atoms. The van der Waals surface area contributed by atoms with Crippen LogP contribution in [-0.4, -0.2) is 38.7 Å². The number of anilines is 1. The van der Waals surface area contributed by atoms with Crippen molar-refractivity contribution < 1.29 is 22.0 Å². The first-order valence-corrected chi connectivity index (χ1v) is 9.62. The maximum absolute atomic E-state index is 13.6. The van der Waals surface area contributed by atoms with Crippen LogP contribution >= 0.6 is 0 Å². The van der Waals surface area contributed by atoms with Gasteiger partial charge in [-0.05, 0) is 48.9 Å². The molecule has 0 atom stereocenters. The molecule has 1 aliphatic rings. The number of hydrogen-bond donors (Lipinski definition) is 1. The molecular weight excluding hydrogens is 376 g/mol. The average molecular weight is 393 g/mol. The Bertz CT molecular complexity index is 1010. The molecule has 3 rings (SSSR count). The molecule has 1 heterocycles. The van der Waals surface area contributed by atoms with Gasteiger partial charge in [0.2, 0.25) is 0 Å². The molecule has 0 radical (unpaired) electrons. The minimum absolute atomic E-state index is 0.0229. The van der Waals surface area contributed by atoms with E-state index in [1.165, 1.54) is 24.3 Å². The van der Waals surface area contributed by atoms with E-state index in [1.807, 2.05) is 0 Å². The molecule has 1 N–H and O–H groups in total. The molecular formula is C18H17F2N3O3S. The highest BCUT2D eigenvalue weighted by Crippen LogP contribution is 2.20. The lowest BCUT2D eigenvalue weighted by Gasteiger charge is -2.11. The van der Waals surface area contributed by atoms with Crippen LogP contribution in [0.1, 0.15) is 23.2 Å². The number of likely N-dealkylation sites (tertiary alicyclic amines) is 1. The predicted molar refractivity (Wildman–Crippen MR) is 97.2 cm³/mol. The van der Waals surface area contributed by atoms with Gasteiger partial charge in [-0.3, -0.25) is 4.79 Å². The van der Waals surface area contributed by atoms with Gasteiger partial charge < -0.3 is 10.2 Å². The van der Waals surface area contributed by atoms with E-state index >= 15 is 0 Å². The Labute approximate surface area is 155 Å². The molecule has 0 saturated carbocycles. The first-order valence-electron chi connectivity index (χ1n) is 8.18. The summed E-state index contributed by atoms with van der Waals surface area (Å²) >= 11 is 0. The quantitative estimate of drug-likeness (QED) is 0.866. The fraction of sp³-hybridized carbons (Fsp3) is 0.222. The summed E-state index contributed by atoms with van der Waals surface area (Å²) in [5, 5.41) is 2.40. The normalized spacial score (nSPS) is 16.0. The molecule has 1 aliphatic heterocycles. The third-order valence-electron chi connectivity index (χ3n) is 4.14. The van der Waals surface area contributed by atoms with E-state index in [4.69, 9.17) is 0 Å². The minimum Gasteiger partial charge on any atom is -0.362 e. The molecule has 1 amide bonds. The summed E-state index contributed by atoms with van der Waals surface area (Å²) < 4.78 is 55.4. The summed E-state index contributed by atoms with van der Waals surface area (Å²) in [5.41, 5.74) is -0.199. The number of amidine groups is 1. The zero-order chi connectivity index (χ0) is 19.6. The molecule has 0 aromatic heterocycles. The number of carbonyl (C=O) groups excluding carboxylic acids is 1. The summed E-state index contributed by atoms with van der Waals surface area (Å²) in [6, 6.07) is 7.88. The number of nitrogens with one attached hydrogen (secondary N) is 1. The molecule has 142 valence electrons. The van der Waals surface area contributed by atoms with Gasteiger partial charge in [0, 0.05) is 25.7 Å². The Morgan fingerprint density at radius 2 is 1.85 bits per heavy atom. The predicted octanol–water partition coefficient (Wildman–Crippen LogP) is 3.03. The molecule has 6 nitrogen and oxygen atoms in total. The van der Waals surface area contributed by atoms with Crippen molar-refractivity contribution in [1.29, 1.82) is 0 Å². The molecule has 2 aromatic rings. The fourth-order valence-electron chi connectivity index (χ4n) is 2.68. The molecule has 0 aliphatic carbocycles. The highest BCUT2D eigenvalue weighted by Gasteiger charge is 2.20. The van der Waals surface area contributed by atoms with E-state index in [0.717, 1.165) is 31.2 Å². The van der Waals surface area contributed by atoms with Crippen molar-refractivity contribution in [3.63, 3.8) is 0 Å². The Morgan fingerprint density at radius 3 is 2.48 bits per heavy atom. The molecule has 0 bridgehead atoms. The van der Waals surface area contributed by atoms with Gasteiger partial charge in [0.15, 0.2) is 0 Å². The fourth-order valence-corrected chi connectivity index (χ4v) is 3.77. The summed E-state index contributed by atoms with van der Waals surface area (Å²) in [5.74, 6) is -1.92. The highest BCUT2D eigenvalue weighted by molar-refractivity contribution is 7.90. The number of carbonyl (C=O) groups is 1. The van der Waals surface area contributed by atoms with Gasteiger partial charge in [-0.2, -0.15) is 8.42 Å². The number of sulfonamides is 1. The molecule has 9 heteroatoms. The van der Waals surface area contributed by atoms with Crippen LogP contribution in [0.25, 0.3) is 0 Å². The number of benzene rings is 2. The van der Waals surface area contributed by atoms with Gasteiger partial charge in [-0.15, -0.1) is 4.40 Å². The second kappa shape index (κ2) is 7.43. The lowest BCUT2D eigenvalue weighted by Crippen LogP contribution is -2.20. The second-order valence-corrected chi connectivity index (χ2v) is 7.71. The number of halogens is 2. The van der Waals surface area contributed by atoms with Crippen LogP contribution in [0.3, 0.4) is 0 Å². The largest absolute Gasteiger partial charge is 0.362 e. The van der Waals surface area contributed by atoms with Gasteiger partial charge in [0.1, 0.15) is 17.5 Å². The van der Waals surface area contributed by atoms with E-state index in [2.05, 4.69) is 9.71 Å². The van der Waals surface area contributed by atoms with Gasteiger partial charge >= 0.3 is 0 Å². The third kappa shape index (κ3) is 4.30. The first kappa shape index (κ1) is 19.0. The van der Waals surface area contributed by atoms with Crippen molar-refractivity contribution in [2.75, 3.05) is 18.9 Å². The maximum Gasteiger partial charge on any atom is 0.283 e. The van der Waals surface area contributed by atoms with Crippen molar-refractivity contribution in [3.05, 3.63) is 59.7 Å². The number of hydrogen-bond acceptors (Lipinski definition) is 3. The van der Waals surface area contributed by atoms with Crippen LogP contribution in [0.4, 0.5) is 14.5 Å². The van der Waals surface area contributed by atoms with Gasteiger partial charge in [-0.1, -0.05) is 0 Å². The van der Waals surface area contributed by atoms with Crippen molar-refractivity contribution in [1.82, 2.24) is 4.90 Å². The number of amides is 1. The molecule has 27 heavy (non-hydrogen) atoms. The Kier molecular flexibility index (Phi) is 5.22. The van der Waals surface area contributed by atoms with Crippen LogP contribution in [-0.2, 0) is 10.0 Å². The molecule has 0 unspecified atom stereocenters. The van der Waals surface area contributed by atoms with E-state index in [1.54, 1.807) is 11.9 Å². The van der Waals surface area contributed by atoms with Crippen LogP contribution in [0.2, 0.25) is 0 Å². The lowest BCUT2D eigenvalue weighted by molar-refractivity contribution is 0.102. The van der Waals surface area contributed by atoms with Crippen LogP contribution in [0.15, 0.2) is 51.8 Å². The van der Waals surface area contributed by atoms with Gasteiger partial charge in [-0.25, -0.2) is 8.78 Å². The zero-order valence-corrected chi connectivity index (χ0v) is 15.3. The number of nitrogens with zero attached hydrogens (tertiary/aromatic N) is 2. The molecule has 2 aromatic carbocycles. The minimum atomic E-state index is -3.86. The standard InChI is InChI=1S/C18H17F2N3O3S/c1-23-10-2-3-17(23)22-27(25,26)14-7-5-13(6-8-14)21-18(24)15-11-12(19)4-9-16(15)20/h4-9,11H,2-3,10H2,1H3,(H,21,24)/b22-17-. The first-order chi connectivity index (χ1) is 12.8. The van der Waals surface area contributed by atoms with Crippen LogP contribution in [0, 0.1) is 11.6 Å². The van der Waals surface area contributed by atoms with Crippen LogP contribution < -0.4 is 5.32 Å². The third-order valence-corrected chi connectivity index (χ3v) is 5.46. The smallest absolute Gasteiger partial charge is 0.283 e. The van der Waals surface area contributed by atoms with E-state index in [-0.39, 0.29) is 10.6 Å². The Hall–Kier alpha value is -2.81.